The highest BCUT2D eigenvalue weighted by atomic mass is 32.2. The van der Waals surface area contributed by atoms with Crippen molar-refractivity contribution in [2.24, 2.45) is 0 Å². The second-order valence-corrected chi connectivity index (χ2v) is 7.07. The van der Waals surface area contributed by atoms with E-state index in [1.54, 1.807) is 24.3 Å². The lowest BCUT2D eigenvalue weighted by atomic mass is 10.2. The maximum atomic E-state index is 12.2. The van der Waals surface area contributed by atoms with Crippen LogP contribution in [-0.2, 0) is 31.5 Å². The molecule has 0 saturated carbocycles. The monoisotopic (exact) mass is 312 g/mol. The Bertz CT molecular complexity index is 523. The number of hydrogen-bond donors (Lipinski definition) is 1. The number of carbonyl (C=O) groups is 1. The van der Waals surface area contributed by atoms with Gasteiger partial charge in [0.25, 0.3) is 0 Å². The molecule has 0 bridgehead atoms. The Kier molecular flexibility index (Phi) is 5.13. The number of aliphatic carboxylic acids is 1. The molecule has 2 atom stereocenters. The van der Waals surface area contributed by atoms with Crippen molar-refractivity contribution >= 4 is 16.8 Å². The van der Waals surface area contributed by atoms with Crippen LogP contribution in [0.1, 0.15) is 25.8 Å². The first-order valence-electron chi connectivity index (χ1n) is 6.86. The molecule has 21 heavy (non-hydrogen) atoms. The summed E-state index contributed by atoms with van der Waals surface area (Å²) in [4.78, 5) is 11.3. The van der Waals surface area contributed by atoms with Crippen LogP contribution >= 0.6 is 0 Å². The van der Waals surface area contributed by atoms with E-state index in [2.05, 4.69) is 0 Å². The fraction of sp³-hybridized carbons (Fsp3) is 0.533. The molecular formula is C15H20O5S. The Morgan fingerprint density at radius 3 is 2.57 bits per heavy atom. The van der Waals surface area contributed by atoms with Crippen LogP contribution in [0.4, 0.5) is 0 Å². The predicted molar refractivity (Wildman–Crippen MR) is 78.6 cm³/mol. The first kappa shape index (κ1) is 16.1. The van der Waals surface area contributed by atoms with E-state index in [0.29, 0.717) is 29.2 Å². The molecule has 5 nitrogen and oxygen atoms in total. The van der Waals surface area contributed by atoms with Gasteiger partial charge in [-0.15, -0.1) is 0 Å². The molecule has 6 heteroatoms. The van der Waals surface area contributed by atoms with Gasteiger partial charge in [0.05, 0.1) is 29.9 Å². The maximum absolute atomic E-state index is 12.2. The molecule has 1 N–H and O–H groups in total. The minimum Gasteiger partial charge on any atom is -0.481 e. The highest BCUT2D eigenvalue weighted by molar-refractivity contribution is 7.85. The van der Waals surface area contributed by atoms with Gasteiger partial charge in [0.1, 0.15) is 0 Å². The molecule has 116 valence electrons. The van der Waals surface area contributed by atoms with E-state index in [1.165, 1.54) is 0 Å². The Hall–Kier alpha value is -1.24. The van der Waals surface area contributed by atoms with E-state index < -0.39 is 22.6 Å². The lowest BCUT2D eigenvalue weighted by Gasteiger charge is -2.16. The van der Waals surface area contributed by atoms with Crippen molar-refractivity contribution in [2.45, 2.75) is 43.5 Å². The fourth-order valence-corrected chi connectivity index (χ4v) is 3.35. The molecule has 1 aliphatic heterocycles. The van der Waals surface area contributed by atoms with Crippen molar-refractivity contribution in [2.75, 3.05) is 12.4 Å². The normalized spacial score (nSPS) is 22.1. The second kappa shape index (κ2) is 6.68. The third-order valence-electron chi connectivity index (χ3n) is 3.23. The Morgan fingerprint density at radius 2 is 2.05 bits per heavy atom. The van der Waals surface area contributed by atoms with Crippen LogP contribution in [-0.4, -0.2) is 39.5 Å². The van der Waals surface area contributed by atoms with Crippen LogP contribution in [0.5, 0.6) is 0 Å². The van der Waals surface area contributed by atoms with Gasteiger partial charge >= 0.3 is 5.97 Å². The van der Waals surface area contributed by atoms with Crippen molar-refractivity contribution < 1.29 is 23.6 Å². The number of carboxylic acids is 1. The topological polar surface area (TPSA) is 72.8 Å². The molecule has 0 radical (unpaired) electrons. The quantitative estimate of drug-likeness (QED) is 0.869. The Balaban J connectivity index is 1.84. The average Bonchev–Trinajstić information content (AvgIpc) is 2.76. The van der Waals surface area contributed by atoms with Crippen molar-refractivity contribution in [3.05, 3.63) is 29.8 Å². The SMILES string of the molecule is CC1(C)OC[C@H](CCS(=O)c2ccc(CC(=O)O)cc2)O1. The summed E-state index contributed by atoms with van der Waals surface area (Å²) in [6.45, 7) is 4.26. The second-order valence-electron chi connectivity index (χ2n) is 5.50. The molecule has 0 spiro atoms. The number of hydrogen-bond acceptors (Lipinski definition) is 4. The third kappa shape index (κ3) is 4.91. The van der Waals surface area contributed by atoms with E-state index in [1.807, 2.05) is 13.8 Å². The lowest BCUT2D eigenvalue weighted by Crippen LogP contribution is -2.22. The maximum Gasteiger partial charge on any atom is 0.307 e. The van der Waals surface area contributed by atoms with Crippen molar-refractivity contribution in [1.82, 2.24) is 0 Å². The standard InChI is InChI=1S/C15H20O5S/c1-15(2)19-10-12(20-15)7-8-21(18)13-5-3-11(4-6-13)9-14(16)17/h3-6,12H,7-10H2,1-2H3,(H,16,17)/t12-,21?/m0/s1. The number of ether oxygens (including phenoxy) is 2. The van der Waals surface area contributed by atoms with Crippen LogP contribution < -0.4 is 0 Å². The van der Waals surface area contributed by atoms with Crippen LogP contribution in [0, 0.1) is 0 Å². The van der Waals surface area contributed by atoms with E-state index in [9.17, 15) is 9.00 Å². The zero-order chi connectivity index (χ0) is 15.5. The summed E-state index contributed by atoms with van der Waals surface area (Å²) in [5.74, 6) is -0.919. The zero-order valence-electron chi connectivity index (χ0n) is 12.2. The summed E-state index contributed by atoms with van der Waals surface area (Å²) < 4.78 is 23.3. The number of carboxylic acid groups (broad SMARTS) is 1. The van der Waals surface area contributed by atoms with Crippen LogP contribution in [0.25, 0.3) is 0 Å². The van der Waals surface area contributed by atoms with Crippen LogP contribution in [0.3, 0.4) is 0 Å². The minimum atomic E-state index is -1.11. The summed E-state index contributed by atoms with van der Waals surface area (Å²) in [6.07, 6.45) is 0.637. The van der Waals surface area contributed by atoms with Crippen LogP contribution in [0.2, 0.25) is 0 Å². The summed E-state index contributed by atoms with van der Waals surface area (Å²) in [5.41, 5.74) is 0.706. The van der Waals surface area contributed by atoms with Gasteiger partial charge in [0.15, 0.2) is 5.79 Å². The number of benzene rings is 1. The molecule has 1 aromatic rings. The van der Waals surface area contributed by atoms with Gasteiger partial charge in [0.2, 0.25) is 0 Å². The summed E-state index contributed by atoms with van der Waals surface area (Å²) in [5, 5.41) is 8.71. The molecule has 0 amide bonds. The van der Waals surface area contributed by atoms with Gasteiger partial charge < -0.3 is 14.6 Å². The van der Waals surface area contributed by atoms with E-state index in [4.69, 9.17) is 14.6 Å². The highest BCUT2D eigenvalue weighted by Gasteiger charge is 2.32. The molecule has 0 aromatic heterocycles. The predicted octanol–water partition coefficient (Wildman–Crippen LogP) is 1.96. The largest absolute Gasteiger partial charge is 0.481 e. The Labute approximate surface area is 126 Å². The average molecular weight is 312 g/mol. The van der Waals surface area contributed by atoms with E-state index >= 15 is 0 Å². The fourth-order valence-electron chi connectivity index (χ4n) is 2.20. The molecule has 1 fully saturated rings. The van der Waals surface area contributed by atoms with Crippen LogP contribution in [0.15, 0.2) is 29.2 Å². The summed E-state index contributed by atoms with van der Waals surface area (Å²) in [7, 11) is -1.11. The molecule has 1 unspecified atom stereocenters. The third-order valence-corrected chi connectivity index (χ3v) is 4.64. The first-order chi connectivity index (χ1) is 9.85. The summed E-state index contributed by atoms with van der Waals surface area (Å²) >= 11 is 0. The van der Waals surface area contributed by atoms with Gasteiger partial charge in [-0.3, -0.25) is 9.00 Å². The van der Waals surface area contributed by atoms with E-state index in [-0.39, 0.29) is 12.5 Å². The zero-order valence-corrected chi connectivity index (χ0v) is 13.0. The van der Waals surface area contributed by atoms with Gasteiger partial charge in [-0.25, -0.2) is 0 Å². The van der Waals surface area contributed by atoms with E-state index in [0.717, 1.165) is 0 Å². The lowest BCUT2D eigenvalue weighted by molar-refractivity contribution is -0.138. The molecule has 1 aromatic carbocycles. The molecule has 0 aliphatic carbocycles. The number of rotatable bonds is 6. The Morgan fingerprint density at radius 1 is 1.38 bits per heavy atom. The molecule has 1 aliphatic rings. The van der Waals surface area contributed by atoms with Gasteiger partial charge in [-0.1, -0.05) is 12.1 Å². The summed E-state index contributed by atoms with van der Waals surface area (Å²) in [6, 6.07) is 6.87. The smallest absolute Gasteiger partial charge is 0.307 e. The molecule has 1 saturated heterocycles. The van der Waals surface area contributed by atoms with Crippen molar-refractivity contribution in [3.63, 3.8) is 0 Å². The highest BCUT2D eigenvalue weighted by Crippen LogP contribution is 2.24. The van der Waals surface area contributed by atoms with Gasteiger partial charge in [-0.05, 0) is 38.0 Å². The van der Waals surface area contributed by atoms with Crippen molar-refractivity contribution in [1.29, 1.82) is 0 Å². The first-order valence-corrected chi connectivity index (χ1v) is 8.18. The molecule has 1 heterocycles. The van der Waals surface area contributed by atoms with Crippen molar-refractivity contribution in [3.8, 4) is 0 Å². The van der Waals surface area contributed by atoms with Gasteiger partial charge in [0, 0.05) is 10.6 Å². The van der Waals surface area contributed by atoms with Gasteiger partial charge in [-0.2, -0.15) is 0 Å². The molecular weight excluding hydrogens is 292 g/mol. The molecule has 2 rings (SSSR count). The minimum absolute atomic E-state index is 0.0183.